The summed E-state index contributed by atoms with van der Waals surface area (Å²) in [5.74, 6) is 0.119. The van der Waals surface area contributed by atoms with E-state index >= 15 is 0 Å². The second kappa shape index (κ2) is 9.05. The zero-order valence-corrected chi connectivity index (χ0v) is 18.7. The van der Waals surface area contributed by atoms with Crippen molar-refractivity contribution in [3.8, 4) is 11.1 Å². The summed E-state index contributed by atoms with van der Waals surface area (Å²) >= 11 is 0. The first-order valence-corrected chi connectivity index (χ1v) is 10.6. The number of aliphatic hydroxyl groups excluding tert-OH is 1. The Morgan fingerprint density at radius 3 is 2.72 bits per heavy atom. The van der Waals surface area contributed by atoms with Crippen LogP contribution in [0.5, 0.6) is 0 Å². The van der Waals surface area contributed by atoms with Crippen LogP contribution in [0.1, 0.15) is 31.1 Å². The lowest BCUT2D eigenvalue weighted by Gasteiger charge is -2.42. The number of nitrogens with zero attached hydrogens (tertiary/aromatic N) is 5. The molecule has 3 aromatic rings. The molecular weight excluding hydrogens is 408 g/mol. The molecule has 3 heterocycles. The molecule has 168 valence electrons. The van der Waals surface area contributed by atoms with Crippen LogP contribution in [0.2, 0.25) is 0 Å². The van der Waals surface area contributed by atoms with E-state index in [-0.39, 0.29) is 17.9 Å². The summed E-state index contributed by atoms with van der Waals surface area (Å²) in [7, 11) is 1.66. The number of aromatic nitrogens is 4. The molecule has 4 rings (SSSR count). The van der Waals surface area contributed by atoms with Gasteiger partial charge in [0.05, 0.1) is 49.2 Å². The van der Waals surface area contributed by atoms with Gasteiger partial charge in [0.25, 0.3) is 0 Å². The van der Waals surface area contributed by atoms with E-state index in [9.17, 15) is 9.90 Å². The molecule has 9 nitrogen and oxygen atoms in total. The highest BCUT2D eigenvalue weighted by molar-refractivity contribution is 5.94. The van der Waals surface area contributed by atoms with E-state index in [1.54, 1.807) is 19.5 Å². The van der Waals surface area contributed by atoms with Crippen LogP contribution in [0.15, 0.2) is 43.0 Å². The molecular formula is C23H28N6O3. The number of benzene rings is 1. The van der Waals surface area contributed by atoms with Crippen molar-refractivity contribution in [2.45, 2.75) is 39.6 Å². The quantitative estimate of drug-likeness (QED) is 0.612. The van der Waals surface area contributed by atoms with Gasteiger partial charge in [0.2, 0.25) is 5.91 Å². The van der Waals surface area contributed by atoms with E-state index < -0.39 is 6.23 Å². The van der Waals surface area contributed by atoms with Crippen LogP contribution < -0.4 is 10.2 Å². The fourth-order valence-electron chi connectivity index (χ4n) is 4.05. The number of anilines is 2. The number of carbonyl (C=O) groups excluding carboxylic acids is 1. The summed E-state index contributed by atoms with van der Waals surface area (Å²) in [6.07, 6.45) is 6.20. The summed E-state index contributed by atoms with van der Waals surface area (Å²) in [6, 6.07) is 5.60. The third-order valence-corrected chi connectivity index (χ3v) is 5.80. The Kier molecular flexibility index (Phi) is 6.20. The molecule has 0 aliphatic carbocycles. The van der Waals surface area contributed by atoms with Crippen LogP contribution in [0.25, 0.3) is 11.1 Å². The number of aliphatic hydroxyl groups is 1. The van der Waals surface area contributed by atoms with E-state index in [1.807, 2.05) is 49.1 Å². The minimum atomic E-state index is -0.960. The maximum Gasteiger partial charge on any atom is 0.225 e. The van der Waals surface area contributed by atoms with Crippen molar-refractivity contribution in [3.63, 3.8) is 0 Å². The average molecular weight is 437 g/mol. The first kappa shape index (κ1) is 21.9. The largest absolute Gasteiger partial charge is 0.383 e. The highest BCUT2D eigenvalue weighted by Crippen LogP contribution is 2.43. The lowest BCUT2D eigenvalue weighted by atomic mass is 9.85. The standard InChI is InChI=1S/C23H28N6O3/c1-14-10-25-21(12-24-14)27-22-15(2)23(31)29(16(3)30)20-6-5-17(9-19(20)22)18-11-26-28(13-18)7-8-32-4/h5-6,9-13,15,22-23,31H,7-8H2,1-4H3,(H,25,27)/t15-,22-,23+/m1/s1. The molecule has 1 aliphatic heterocycles. The van der Waals surface area contributed by atoms with Crippen LogP contribution >= 0.6 is 0 Å². The molecule has 3 atom stereocenters. The number of rotatable bonds is 6. The van der Waals surface area contributed by atoms with E-state index in [2.05, 4.69) is 20.4 Å². The number of ether oxygens (including phenoxy) is 1. The third kappa shape index (κ3) is 4.21. The predicted molar refractivity (Wildman–Crippen MR) is 121 cm³/mol. The average Bonchev–Trinajstić information content (AvgIpc) is 3.25. The molecule has 0 saturated heterocycles. The fourth-order valence-corrected chi connectivity index (χ4v) is 4.05. The van der Waals surface area contributed by atoms with Gasteiger partial charge in [-0.05, 0) is 30.2 Å². The van der Waals surface area contributed by atoms with Crippen LogP contribution in [-0.2, 0) is 16.1 Å². The van der Waals surface area contributed by atoms with E-state index in [4.69, 9.17) is 4.74 Å². The number of amides is 1. The molecule has 0 saturated carbocycles. The topological polar surface area (TPSA) is 105 Å². The fraction of sp³-hybridized carbons (Fsp3) is 0.391. The minimum Gasteiger partial charge on any atom is -0.383 e. The second-order valence-electron chi connectivity index (χ2n) is 8.09. The van der Waals surface area contributed by atoms with Gasteiger partial charge < -0.3 is 15.2 Å². The molecule has 1 aromatic carbocycles. The van der Waals surface area contributed by atoms with Crippen molar-refractivity contribution in [3.05, 3.63) is 54.2 Å². The third-order valence-electron chi connectivity index (χ3n) is 5.80. The first-order chi connectivity index (χ1) is 15.4. The van der Waals surface area contributed by atoms with Crippen LogP contribution in [0, 0.1) is 12.8 Å². The van der Waals surface area contributed by atoms with E-state index in [0.717, 1.165) is 22.4 Å². The first-order valence-electron chi connectivity index (χ1n) is 10.6. The second-order valence-corrected chi connectivity index (χ2v) is 8.09. The number of carbonyl (C=O) groups is 1. The van der Waals surface area contributed by atoms with Crippen molar-refractivity contribution in [1.29, 1.82) is 0 Å². The SMILES string of the molecule is COCCn1cc(-c2ccc3c(c2)[C@H](Nc2cnc(C)cn2)[C@@H](C)[C@H](O)N3C(C)=O)cn1. The monoisotopic (exact) mass is 436 g/mol. The summed E-state index contributed by atoms with van der Waals surface area (Å²) in [5.41, 5.74) is 4.34. The molecule has 0 unspecified atom stereocenters. The van der Waals surface area contributed by atoms with Crippen molar-refractivity contribution in [2.75, 3.05) is 23.9 Å². The smallest absolute Gasteiger partial charge is 0.225 e. The molecule has 1 aliphatic rings. The Balaban J connectivity index is 1.75. The van der Waals surface area contributed by atoms with Crippen molar-refractivity contribution < 1.29 is 14.6 Å². The molecule has 0 fully saturated rings. The number of hydrogen-bond acceptors (Lipinski definition) is 7. The van der Waals surface area contributed by atoms with Gasteiger partial charge in [0.15, 0.2) is 0 Å². The number of fused-ring (bicyclic) bond motifs is 1. The Hall–Kier alpha value is -3.30. The zero-order valence-electron chi connectivity index (χ0n) is 18.7. The van der Waals surface area contributed by atoms with Crippen molar-refractivity contribution in [2.24, 2.45) is 5.92 Å². The van der Waals surface area contributed by atoms with E-state index in [1.165, 1.54) is 11.8 Å². The lowest BCUT2D eigenvalue weighted by molar-refractivity contribution is -0.119. The van der Waals surface area contributed by atoms with Gasteiger partial charge in [-0.3, -0.25) is 19.4 Å². The molecule has 2 N–H and O–H groups in total. The van der Waals surface area contributed by atoms with Gasteiger partial charge >= 0.3 is 0 Å². The summed E-state index contributed by atoms with van der Waals surface area (Å²) < 4.78 is 6.97. The molecule has 0 spiro atoms. The minimum absolute atomic E-state index is 0.209. The molecule has 9 heteroatoms. The highest BCUT2D eigenvalue weighted by atomic mass is 16.5. The molecule has 2 aromatic heterocycles. The van der Waals surface area contributed by atoms with Crippen LogP contribution in [-0.4, -0.2) is 50.7 Å². The Bertz CT molecular complexity index is 1100. The summed E-state index contributed by atoms with van der Waals surface area (Å²) in [5, 5.41) is 18.7. The predicted octanol–water partition coefficient (Wildman–Crippen LogP) is 2.77. The summed E-state index contributed by atoms with van der Waals surface area (Å²) in [6.45, 7) is 6.50. The normalized spacial score (nSPS) is 20.2. The Morgan fingerprint density at radius 2 is 2.03 bits per heavy atom. The van der Waals surface area contributed by atoms with E-state index in [0.29, 0.717) is 24.7 Å². The highest BCUT2D eigenvalue weighted by Gasteiger charge is 2.40. The number of aryl methyl sites for hydroxylation is 1. The zero-order chi connectivity index (χ0) is 22.8. The number of hydrogen-bond donors (Lipinski definition) is 2. The Labute approximate surface area is 187 Å². The van der Waals surface area contributed by atoms with Crippen molar-refractivity contribution in [1.82, 2.24) is 19.7 Å². The Morgan fingerprint density at radius 1 is 1.22 bits per heavy atom. The van der Waals surface area contributed by atoms with Gasteiger partial charge in [-0.1, -0.05) is 13.0 Å². The van der Waals surface area contributed by atoms with Gasteiger partial charge in [-0.2, -0.15) is 5.10 Å². The molecule has 1 amide bonds. The molecule has 32 heavy (non-hydrogen) atoms. The number of methoxy groups -OCH3 is 1. The lowest BCUT2D eigenvalue weighted by Crippen LogP contribution is -2.50. The van der Waals surface area contributed by atoms with Crippen molar-refractivity contribution >= 4 is 17.4 Å². The van der Waals surface area contributed by atoms with Crippen LogP contribution in [0.4, 0.5) is 11.5 Å². The van der Waals surface area contributed by atoms with Gasteiger partial charge in [0, 0.05) is 31.7 Å². The number of nitrogens with one attached hydrogen (secondary N) is 1. The van der Waals surface area contributed by atoms with Gasteiger partial charge in [-0.15, -0.1) is 0 Å². The summed E-state index contributed by atoms with van der Waals surface area (Å²) in [4.78, 5) is 22.5. The maximum atomic E-state index is 12.4. The molecule has 0 radical (unpaired) electrons. The maximum absolute atomic E-state index is 12.4. The van der Waals surface area contributed by atoms with Crippen LogP contribution in [0.3, 0.4) is 0 Å². The van der Waals surface area contributed by atoms with Gasteiger partial charge in [0.1, 0.15) is 12.0 Å². The molecule has 0 bridgehead atoms. The van der Waals surface area contributed by atoms with Gasteiger partial charge in [-0.25, -0.2) is 4.98 Å².